The summed E-state index contributed by atoms with van der Waals surface area (Å²) in [5, 5.41) is 30.6. The van der Waals surface area contributed by atoms with Crippen LogP contribution in [0.4, 0.5) is 4.79 Å². The first-order valence-electron chi connectivity index (χ1n) is 9.53. The fourth-order valence-corrected chi connectivity index (χ4v) is 2.97. The van der Waals surface area contributed by atoms with E-state index in [0.29, 0.717) is 5.56 Å². The Kier molecular flexibility index (Phi) is 7.94. The Labute approximate surface area is 174 Å². The minimum Gasteiger partial charge on any atom is -0.479 e. The van der Waals surface area contributed by atoms with Gasteiger partial charge in [0.05, 0.1) is 6.54 Å². The Bertz CT molecular complexity index is 867. The number of benzene rings is 2. The van der Waals surface area contributed by atoms with Gasteiger partial charge < -0.3 is 25.5 Å². The SMILES string of the molecule is CC(C)CN(C[C@H](O)C(=O)O)C(=O)N[C@H](C(=O)O)c1ccc(-c2ccccc2)cc1. The first kappa shape index (κ1) is 22.9. The second kappa shape index (κ2) is 10.4. The maximum Gasteiger partial charge on any atom is 0.334 e. The highest BCUT2D eigenvalue weighted by molar-refractivity contribution is 5.84. The monoisotopic (exact) mass is 414 g/mol. The third-order valence-electron chi connectivity index (χ3n) is 4.42. The van der Waals surface area contributed by atoms with Gasteiger partial charge in [0, 0.05) is 6.54 Å². The summed E-state index contributed by atoms with van der Waals surface area (Å²) in [6.45, 7) is 3.36. The lowest BCUT2D eigenvalue weighted by Crippen LogP contribution is -2.49. The number of carbonyl (C=O) groups is 3. The molecule has 2 rings (SSSR count). The summed E-state index contributed by atoms with van der Waals surface area (Å²) in [5.41, 5.74) is 2.25. The Morgan fingerprint density at radius 2 is 1.43 bits per heavy atom. The van der Waals surface area contributed by atoms with Crippen molar-refractivity contribution in [1.29, 1.82) is 0 Å². The zero-order chi connectivity index (χ0) is 22.3. The molecule has 0 aliphatic carbocycles. The third kappa shape index (κ3) is 6.31. The van der Waals surface area contributed by atoms with Gasteiger partial charge in [0.25, 0.3) is 0 Å². The molecule has 0 fully saturated rings. The van der Waals surface area contributed by atoms with Gasteiger partial charge in [-0.2, -0.15) is 0 Å². The zero-order valence-electron chi connectivity index (χ0n) is 16.9. The highest BCUT2D eigenvalue weighted by Crippen LogP contribution is 2.22. The number of carbonyl (C=O) groups excluding carboxylic acids is 1. The summed E-state index contributed by atoms with van der Waals surface area (Å²) in [7, 11) is 0. The summed E-state index contributed by atoms with van der Waals surface area (Å²) in [6, 6.07) is 14.3. The van der Waals surface area contributed by atoms with E-state index >= 15 is 0 Å². The Morgan fingerprint density at radius 1 is 0.867 bits per heavy atom. The molecule has 8 heteroatoms. The van der Waals surface area contributed by atoms with Crippen molar-refractivity contribution in [3.05, 3.63) is 60.2 Å². The lowest BCUT2D eigenvalue weighted by atomic mass is 10.0. The molecule has 0 aliphatic rings. The molecular formula is C22H26N2O6. The van der Waals surface area contributed by atoms with Crippen molar-refractivity contribution in [2.24, 2.45) is 5.92 Å². The van der Waals surface area contributed by atoms with Gasteiger partial charge in [-0.1, -0.05) is 68.4 Å². The zero-order valence-corrected chi connectivity index (χ0v) is 16.9. The van der Waals surface area contributed by atoms with Gasteiger partial charge in [0.2, 0.25) is 0 Å². The molecule has 0 aromatic heterocycles. The van der Waals surface area contributed by atoms with E-state index in [9.17, 15) is 24.6 Å². The molecule has 0 radical (unpaired) electrons. The summed E-state index contributed by atoms with van der Waals surface area (Å²) in [6.07, 6.45) is -1.76. The molecule has 0 saturated heterocycles. The van der Waals surface area contributed by atoms with E-state index in [-0.39, 0.29) is 12.5 Å². The lowest BCUT2D eigenvalue weighted by molar-refractivity contribution is -0.147. The predicted octanol–water partition coefficient (Wildman–Crippen LogP) is 2.59. The number of nitrogens with one attached hydrogen (secondary N) is 1. The number of aliphatic hydroxyl groups is 1. The van der Waals surface area contributed by atoms with E-state index in [1.54, 1.807) is 24.3 Å². The number of urea groups is 1. The molecule has 8 nitrogen and oxygen atoms in total. The number of carboxylic acids is 2. The number of carboxylic acid groups (broad SMARTS) is 2. The van der Waals surface area contributed by atoms with Crippen molar-refractivity contribution in [3.63, 3.8) is 0 Å². The molecule has 2 aromatic rings. The molecule has 2 aromatic carbocycles. The number of aliphatic carboxylic acids is 2. The minimum absolute atomic E-state index is 0.00909. The molecular weight excluding hydrogens is 388 g/mol. The van der Waals surface area contributed by atoms with E-state index in [1.165, 1.54) is 0 Å². The van der Waals surface area contributed by atoms with Crippen LogP contribution in [0.1, 0.15) is 25.5 Å². The quantitative estimate of drug-likeness (QED) is 0.499. The van der Waals surface area contributed by atoms with Crippen LogP contribution in [0.15, 0.2) is 54.6 Å². The number of hydrogen-bond donors (Lipinski definition) is 4. The van der Waals surface area contributed by atoms with Crippen molar-refractivity contribution in [2.75, 3.05) is 13.1 Å². The topological polar surface area (TPSA) is 127 Å². The molecule has 0 saturated carbocycles. The number of nitrogens with zero attached hydrogens (tertiary/aromatic N) is 1. The van der Waals surface area contributed by atoms with Crippen LogP contribution in [-0.4, -0.2) is 57.4 Å². The molecule has 2 atom stereocenters. The van der Waals surface area contributed by atoms with Crippen LogP contribution in [0.3, 0.4) is 0 Å². The van der Waals surface area contributed by atoms with Crippen molar-refractivity contribution in [1.82, 2.24) is 10.2 Å². The number of rotatable bonds is 9. The average Bonchev–Trinajstić information content (AvgIpc) is 2.71. The van der Waals surface area contributed by atoms with Crippen LogP contribution < -0.4 is 5.32 Å². The van der Waals surface area contributed by atoms with Gasteiger partial charge in [-0.05, 0) is 22.6 Å². The summed E-state index contributed by atoms with van der Waals surface area (Å²) >= 11 is 0. The van der Waals surface area contributed by atoms with E-state index in [4.69, 9.17) is 5.11 Å². The Hall–Kier alpha value is -3.39. The first-order valence-corrected chi connectivity index (χ1v) is 9.53. The molecule has 0 aliphatic heterocycles. The average molecular weight is 414 g/mol. The molecule has 2 amide bonds. The van der Waals surface area contributed by atoms with Crippen LogP contribution in [-0.2, 0) is 9.59 Å². The fourth-order valence-electron chi connectivity index (χ4n) is 2.97. The van der Waals surface area contributed by atoms with Gasteiger partial charge >= 0.3 is 18.0 Å². The van der Waals surface area contributed by atoms with E-state index in [1.807, 2.05) is 44.2 Å². The summed E-state index contributed by atoms with van der Waals surface area (Å²) in [4.78, 5) is 36.5. The molecule has 0 bridgehead atoms. The lowest BCUT2D eigenvalue weighted by Gasteiger charge is -2.27. The standard InChI is InChI=1S/C22H26N2O6/c1-14(2)12-24(13-18(25)20(26)27)22(30)23-19(21(28)29)17-10-8-16(9-11-17)15-6-4-3-5-7-15/h3-11,14,18-19,25H,12-13H2,1-2H3,(H,23,30)(H,26,27)(H,28,29)/t18-,19-/m0/s1. The normalized spacial score (nSPS) is 12.8. The van der Waals surface area contributed by atoms with Crippen LogP contribution >= 0.6 is 0 Å². The molecule has 0 spiro atoms. The van der Waals surface area contributed by atoms with Crippen LogP contribution in [0.25, 0.3) is 11.1 Å². The molecule has 160 valence electrons. The van der Waals surface area contributed by atoms with E-state index < -0.39 is 36.7 Å². The smallest absolute Gasteiger partial charge is 0.334 e. The van der Waals surface area contributed by atoms with Gasteiger partial charge in [-0.3, -0.25) is 0 Å². The van der Waals surface area contributed by atoms with Crippen molar-refractivity contribution in [2.45, 2.75) is 26.0 Å². The van der Waals surface area contributed by atoms with Crippen LogP contribution in [0, 0.1) is 5.92 Å². The third-order valence-corrected chi connectivity index (χ3v) is 4.42. The largest absolute Gasteiger partial charge is 0.479 e. The van der Waals surface area contributed by atoms with Gasteiger partial charge in [-0.25, -0.2) is 14.4 Å². The minimum atomic E-state index is -1.76. The number of hydrogen-bond acceptors (Lipinski definition) is 4. The van der Waals surface area contributed by atoms with Crippen LogP contribution in [0.5, 0.6) is 0 Å². The number of aliphatic hydroxyl groups excluding tert-OH is 1. The molecule has 4 N–H and O–H groups in total. The highest BCUT2D eigenvalue weighted by atomic mass is 16.4. The summed E-state index contributed by atoms with van der Waals surface area (Å²) < 4.78 is 0. The van der Waals surface area contributed by atoms with Gasteiger partial charge in [0.15, 0.2) is 12.1 Å². The van der Waals surface area contributed by atoms with E-state index in [2.05, 4.69) is 5.32 Å². The maximum atomic E-state index is 12.7. The second-order valence-electron chi connectivity index (χ2n) is 7.36. The first-order chi connectivity index (χ1) is 14.2. The Balaban J connectivity index is 2.19. The van der Waals surface area contributed by atoms with Gasteiger partial charge in [-0.15, -0.1) is 0 Å². The second-order valence-corrected chi connectivity index (χ2v) is 7.36. The molecule has 30 heavy (non-hydrogen) atoms. The fraction of sp³-hybridized carbons (Fsp3) is 0.318. The van der Waals surface area contributed by atoms with Gasteiger partial charge in [0.1, 0.15) is 0 Å². The van der Waals surface area contributed by atoms with Crippen molar-refractivity contribution < 1.29 is 29.7 Å². The van der Waals surface area contributed by atoms with Crippen LogP contribution in [0.2, 0.25) is 0 Å². The Morgan fingerprint density at radius 3 is 1.93 bits per heavy atom. The number of amides is 2. The summed E-state index contributed by atoms with van der Waals surface area (Å²) in [5.74, 6) is -2.72. The van der Waals surface area contributed by atoms with Crippen molar-refractivity contribution >= 4 is 18.0 Å². The van der Waals surface area contributed by atoms with E-state index in [0.717, 1.165) is 16.0 Å². The highest BCUT2D eigenvalue weighted by Gasteiger charge is 2.28. The predicted molar refractivity (Wildman–Crippen MR) is 111 cm³/mol. The maximum absolute atomic E-state index is 12.7. The van der Waals surface area contributed by atoms with Crippen molar-refractivity contribution in [3.8, 4) is 11.1 Å². The molecule has 0 heterocycles. The molecule has 0 unspecified atom stereocenters.